The molecule has 1 aliphatic heterocycles. The highest BCUT2D eigenvalue weighted by atomic mass is 35.5. The number of aromatic nitrogens is 2. The van der Waals surface area contributed by atoms with Gasteiger partial charge in [-0.1, -0.05) is 23.7 Å². The molecule has 0 radical (unpaired) electrons. The van der Waals surface area contributed by atoms with Gasteiger partial charge in [-0.3, -0.25) is 9.48 Å². The van der Waals surface area contributed by atoms with E-state index in [9.17, 15) is 4.79 Å². The summed E-state index contributed by atoms with van der Waals surface area (Å²) < 4.78 is 7.40. The molecule has 0 N–H and O–H groups in total. The number of hydrogen-bond donors (Lipinski definition) is 0. The van der Waals surface area contributed by atoms with Crippen LogP contribution in [0.15, 0.2) is 36.5 Å². The molecular weight excluding hydrogens is 314 g/mol. The molecule has 0 spiro atoms. The second kappa shape index (κ2) is 7.15. The highest BCUT2D eigenvalue weighted by molar-refractivity contribution is 6.30. The zero-order valence-corrected chi connectivity index (χ0v) is 13.9. The third-order valence-corrected chi connectivity index (χ3v) is 4.44. The Morgan fingerprint density at radius 3 is 2.83 bits per heavy atom. The topological polar surface area (TPSA) is 47.4 Å². The first-order valence-corrected chi connectivity index (χ1v) is 8.09. The lowest BCUT2D eigenvalue weighted by Crippen LogP contribution is -2.37. The molecule has 1 aromatic carbocycles. The Morgan fingerprint density at radius 2 is 2.09 bits per heavy atom. The number of rotatable bonds is 4. The van der Waals surface area contributed by atoms with E-state index >= 15 is 0 Å². The number of nitrogens with zero attached hydrogens (tertiary/aromatic N) is 3. The first-order chi connectivity index (χ1) is 11.2. The standard InChI is InChI=1S/C17H20ClN3O2/c1-23-16-11-20(10-15-8-9-19-21(15)12-16)17(22)7-4-13-2-5-14(18)6-3-13/h2-3,5-6,8-9,16H,4,7,10-12H2,1H3/t16-/m0/s1. The van der Waals surface area contributed by atoms with Gasteiger partial charge in [-0.05, 0) is 30.2 Å². The van der Waals surface area contributed by atoms with E-state index in [4.69, 9.17) is 16.3 Å². The molecule has 1 aliphatic rings. The molecule has 6 heteroatoms. The van der Waals surface area contributed by atoms with Crippen molar-refractivity contribution in [1.29, 1.82) is 0 Å². The summed E-state index contributed by atoms with van der Waals surface area (Å²) in [6.07, 6.45) is 2.93. The van der Waals surface area contributed by atoms with Crippen LogP contribution in [0.5, 0.6) is 0 Å². The van der Waals surface area contributed by atoms with E-state index in [-0.39, 0.29) is 12.0 Å². The van der Waals surface area contributed by atoms with E-state index in [1.807, 2.05) is 39.9 Å². The van der Waals surface area contributed by atoms with Crippen molar-refractivity contribution < 1.29 is 9.53 Å². The van der Waals surface area contributed by atoms with E-state index < -0.39 is 0 Å². The average Bonchev–Trinajstić information content (AvgIpc) is 2.91. The van der Waals surface area contributed by atoms with Gasteiger partial charge in [0.15, 0.2) is 0 Å². The highest BCUT2D eigenvalue weighted by Crippen LogP contribution is 2.16. The van der Waals surface area contributed by atoms with Gasteiger partial charge in [0.25, 0.3) is 0 Å². The van der Waals surface area contributed by atoms with Crippen LogP contribution in [0.3, 0.4) is 0 Å². The minimum absolute atomic E-state index is 0.0318. The van der Waals surface area contributed by atoms with Crippen molar-refractivity contribution in [2.75, 3.05) is 13.7 Å². The summed E-state index contributed by atoms with van der Waals surface area (Å²) in [6, 6.07) is 9.59. The molecule has 1 amide bonds. The first-order valence-electron chi connectivity index (χ1n) is 7.71. The Kier molecular flexibility index (Phi) is 4.98. The minimum atomic E-state index is -0.0318. The summed E-state index contributed by atoms with van der Waals surface area (Å²) in [5.41, 5.74) is 2.16. The lowest BCUT2D eigenvalue weighted by Gasteiger charge is -2.23. The fourth-order valence-corrected chi connectivity index (χ4v) is 2.94. The third-order valence-electron chi connectivity index (χ3n) is 4.18. The van der Waals surface area contributed by atoms with Gasteiger partial charge in [0, 0.05) is 31.3 Å². The van der Waals surface area contributed by atoms with Gasteiger partial charge >= 0.3 is 0 Å². The highest BCUT2D eigenvalue weighted by Gasteiger charge is 2.25. The molecule has 23 heavy (non-hydrogen) atoms. The molecular formula is C17H20ClN3O2. The van der Waals surface area contributed by atoms with Gasteiger partial charge < -0.3 is 9.64 Å². The smallest absolute Gasteiger partial charge is 0.223 e. The number of carbonyl (C=O) groups is 1. The van der Waals surface area contributed by atoms with Crippen LogP contribution in [-0.4, -0.2) is 40.3 Å². The fourth-order valence-electron chi connectivity index (χ4n) is 2.81. The molecule has 5 nitrogen and oxygen atoms in total. The Labute approximate surface area is 140 Å². The molecule has 2 aromatic rings. The molecule has 0 aliphatic carbocycles. The van der Waals surface area contributed by atoms with Crippen LogP contribution in [-0.2, 0) is 29.0 Å². The predicted molar refractivity (Wildman–Crippen MR) is 88.2 cm³/mol. The summed E-state index contributed by atoms with van der Waals surface area (Å²) in [5, 5.41) is 5.01. The molecule has 0 unspecified atom stereocenters. The summed E-state index contributed by atoms with van der Waals surface area (Å²) in [4.78, 5) is 14.5. The molecule has 1 atom stereocenters. The molecule has 0 saturated heterocycles. The van der Waals surface area contributed by atoms with Crippen LogP contribution in [0, 0.1) is 0 Å². The minimum Gasteiger partial charge on any atom is -0.378 e. The Hall–Kier alpha value is -1.85. The van der Waals surface area contributed by atoms with Crippen molar-refractivity contribution in [3.05, 3.63) is 52.8 Å². The maximum absolute atomic E-state index is 12.6. The number of fused-ring (bicyclic) bond motifs is 1. The second-order valence-corrected chi connectivity index (χ2v) is 6.20. The molecule has 122 valence electrons. The fraction of sp³-hybridized carbons (Fsp3) is 0.412. The van der Waals surface area contributed by atoms with Gasteiger partial charge in [-0.15, -0.1) is 0 Å². The van der Waals surface area contributed by atoms with Crippen LogP contribution in [0.1, 0.15) is 17.7 Å². The van der Waals surface area contributed by atoms with E-state index in [2.05, 4.69) is 5.10 Å². The quantitative estimate of drug-likeness (QED) is 0.863. The van der Waals surface area contributed by atoms with Crippen molar-refractivity contribution in [2.45, 2.75) is 32.0 Å². The largest absolute Gasteiger partial charge is 0.378 e. The summed E-state index contributed by atoms with van der Waals surface area (Å²) in [7, 11) is 1.68. The van der Waals surface area contributed by atoms with Crippen molar-refractivity contribution in [1.82, 2.24) is 14.7 Å². The summed E-state index contributed by atoms with van der Waals surface area (Å²) >= 11 is 5.89. The monoisotopic (exact) mass is 333 g/mol. The Bertz CT molecular complexity index is 669. The molecule has 1 aromatic heterocycles. The van der Waals surface area contributed by atoms with E-state index in [1.165, 1.54) is 0 Å². The first kappa shape index (κ1) is 16.0. The molecule has 0 saturated carbocycles. The number of amides is 1. The van der Waals surface area contributed by atoms with E-state index in [0.29, 0.717) is 37.5 Å². The van der Waals surface area contributed by atoms with Crippen LogP contribution in [0.2, 0.25) is 5.02 Å². The summed E-state index contributed by atoms with van der Waals surface area (Å²) in [6.45, 7) is 1.86. The zero-order valence-electron chi connectivity index (χ0n) is 13.1. The van der Waals surface area contributed by atoms with Crippen molar-refractivity contribution >= 4 is 17.5 Å². The van der Waals surface area contributed by atoms with Gasteiger partial charge in [0.1, 0.15) is 0 Å². The molecule has 0 fully saturated rings. The number of hydrogen-bond acceptors (Lipinski definition) is 3. The average molecular weight is 334 g/mol. The molecule has 2 heterocycles. The molecule has 3 rings (SSSR count). The third kappa shape index (κ3) is 3.92. The van der Waals surface area contributed by atoms with Crippen LogP contribution in [0.4, 0.5) is 0 Å². The van der Waals surface area contributed by atoms with Crippen molar-refractivity contribution in [3.63, 3.8) is 0 Å². The van der Waals surface area contributed by atoms with Gasteiger partial charge in [-0.2, -0.15) is 5.10 Å². The normalized spacial score (nSPS) is 17.7. The zero-order chi connectivity index (χ0) is 16.2. The van der Waals surface area contributed by atoms with Crippen LogP contribution >= 0.6 is 11.6 Å². The maximum atomic E-state index is 12.6. The summed E-state index contributed by atoms with van der Waals surface area (Å²) in [5.74, 6) is 0.136. The van der Waals surface area contributed by atoms with E-state index in [1.54, 1.807) is 13.3 Å². The van der Waals surface area contributed by atoms with Crippen molar-refractivity contribution in [2.24, 2.45) is 0 Å². The number of ether oxygens (including phenoxy) is 1. The number of carbonyl (C=O) groups excluding carboxylic acids is 1. The Balaban J connectivity index is 1.65. The van der Waals surface area contributed by atoms with Crippen LogP contribution in [0.25, 0.3) is 0 Å². The van der Waals surface area contributed by atoms with Crippen molar-refractivity contribution in [3.8, 4) is 0 Å². The van der Waals surface area contributed by atoms with Crippen LogP contribution < -0.4 is 0 Å². The molecule has 0 bridgehead atoms. The SMILES string of the molecule is CO[C@H]1CN(C(=O)CCc2ccc(Cl)cc2)Cc2ccnn2C1. The van der Waals surface area contributed by atoms with Gasteiger partial charge in [0.05, 0.1) is 24.9 Å². The second-order valence-electron chi connectivity index (χ2n) is 5.76. The lowest BCUT2D eigenvalue weighted by molar-refractivity contribution is -0.133. The number of methoxy groups -OCH3 is 1. The number of benzene rings is 1. The van der Waals surface area contributed by atoms with Gasteiger partial charge in [-0.25, -0.2) is 0 Å². The number of halogens is 1. The maximum Gasteiger partial charge on any atom is 0.223 e. The predicted octanol–water partition coefficient (Wildman–Crippen LogP) is 2.53. The van der Waals surface area contributed by atoms with Gasteiger partial charge in [0.2, 0.25) is 5.91 Å². The Morgan fingerprint density at radius 1 is 1.30 bits per heavy atom. The van der Waals surface area contributed by atoms with E-state index in [0.717, 1.165) is 11.3 Å². The number of aryl methyl sites for hydroxylation is 1. The lowest BCUT2D eigenvalue weighted by atomic mass is 10.1.